The van der Waals surface area contributed by atoms with Crippen molar-refractivity contribution in [3.8, 4) is 17.1 Å². The molecule has 3 atom stereocenters. The molecule has 0 bridgehead atoms. The van der Waals surface area contributed by atoms with Gasteiger partial charge in [0.25, 0.3) is 11.8 Å². The number of halogens is 1. The number of unbranched alkanes of at least 4 members (excludes halogenated alkanes) is 2. The van der Waals surface area contributed by atoms with Gasteiger partial charge in [-0.25, -0.2) is 14.0 Å². The first kappa shape index (κ1) is 45.2. The average molecular weight is 824 g/mol. The van der Waals surface area contributed by atoms with Crippen LogP contribution in [0.5, 0.6) is 5.75 Å². The van der Waals surface area contributed by atoms with Crippen molar-refractivity contribution < 1.29 is 62.2 Å². The summed E-state index contributed by atoms with van der Waals surface area (Å²) in [7, 11) is 0. The highest BCUT2D eigenvalue weighted by atomic mass is 19.1. The number of benzene rings is 2. The van der Waals surface area contributed by atoms with Gasteiger partial charge in [-0.3, -0.25) is 24.0 Å². The Bertz CT molecular complexity index is 1980. The van der Waals surface area contributed by atoms with E-state index in [2.05, 4.69) is 16.0 Å². The zero-order chi connectivity index (χ0) is 43.1. The molecule has 17 nitrogen and oxygen atoms in total. The van der Waals surface area contributed by atoms with Crippen LogP contribution in [0.15, 0.2) is 52.9 Å². The van der Waals surface area contributed by atoms with Crippen molar-refractivity contribution in [2.45, 2.75) is 84.2 Å². The standard InChI is InChI=1S/C41H50FN5O12/c1-4-7-8-11-27(31(5-2)47(24-48)59-41(56)26-13-15-32(29(42)20-26)46-18-9-10-19-46)37(51)43-23-44-39(53)34-17-16-33(58-34)25-12-14-28(35(21-25)57-6-3)38(52)45-30(40(54)55)22-36(49)50/h12-17,20-21,24,27,30-31H,4-11,18-19,22-23H2,1-3H3,(H,43,51)(H,44,53)(H,45,52)(H,49,50)(H,54,55)/t27?,30?,31-/m1/s1. The fourth-order valence-electron chi connectivity index (χ4n) is 6.71. The van der Waals surface area contributed by atoms with Gasteiger partial charge in [0.1, 0.15) is 23.4 Å². The van der Waals surface area contributed by atoms with Gasteiger partial charge in [-0.15, -0.1) is 0 Å². The van der Waals surface area contributed by atoms with Crippen molar-refractivity contribution in [1.82, 2.24) is 21.0 Å². The van der Waals surface area contributed by atoms with Gasteiger partial charge in [0.15, 0.2) is 5.76 Å². The molecule has 0 radical (unpaired) electrons. The van der Waals surface area contributed by atoms with Crippen LogP contribution in [-0.4, -0.2) is 95.8 Å². The molecule has 5 N–H and O–H groups in total. The molecule has 2 heterocycles. The zero-order valence-electron chi connectivity index (χ0n) is 33.2. The summed E-state index contributed by atoms with van der Waals surface area (Å²) >= 11 is 0. The number of hydrogen-bond acceptors (Lipinski definition) is 11. The third-order valence-electron chi connectivity index (χ3n) is 9.72. The van der Waals surface area contributed by atoms with E-state index >= 15 is 0 Å². The summed E-state index contributed by atoms with van der Waals surface area (Å²) in [5.41, 5.74) is 0.621. The van der Waals surface area contributed by atoms with E-state index in [1.807, 2.05) is 11.8 Å². The van der Waals surface area contributed by atoms with Crippen LogP contribution in [-0.2, 0) is 24.0 Å². The van der Waals surface area contributed by atoms with Gasteiger partial charge < -0.3 is 45.1 Å². The second kappa shape index (κ2) is 21.9. The number of carboxylic acids is 2. The minimum absolute atomic E-state index is 0.0503. The molecular formula is C41H50FN5O12. The van der Waals surface area contributed by atoms with Crippen LogP contribution in [0.3, 0.4) is 0 Å². The number of hydrogen-bond donors (Lipinski definition) is 5. The lowest BCUT2D eigenvalue weighted by molar-refractivity contribution is -0.171. The van der Waals surface area contributed by atoms with Crippen LogP contribution in [0.1, 0.15) is 103 Å². The smallest absolute Gasteiger partial charge is 0.363 e. The molecule has 0 saturated carbocycles. The number of hydroxylamine groups is 2. The number of carbonyl (C=O) groups is 7. The van der Waals surface area contributed by atoms with Gasteiger partial charge in [-0.1, -0.05) is 39.2 Å². The number of furan rings is 1. The number of amides is 4. The molecule has 0 spiro atoms. The van der Waals surface area contributed by atoms with Gasteiger partial charge in [-0.2, -0.15) is 5.06 Å². The summed E-state index contributed by atoms with van der Waals surface area (Å²) in [6, 6.07) is 8.58. The molecule has 3 aromatic rings. The van der Waals surface area contributed by atoms with E-state index in [0.29, 0.717) is 43.6 Å². The highest BCUT2D eigenvalue weighted by Crippen LogP contribution is 2.30. The third-order valence-corrected chi connectivity index (χ3v) is 9.72. The molecule has 1 aliphatic heterocycles. The Hall–Kier alpha value is -6.46. The summed E-state index contributed by atoms with van der Waals surface area (Å²) < 4.78 is 26.3. The second-order valence-corrected chi connectivity index (χ2v) is 13.8. The fourth-order valence-corrected chi connectivity index (χ4v) is 6.71. The topological polar surface area (TPSA) is 234 Å². The predicted octanol–water partition coefficient (Wildman–Crippen LogP) is 4.75. The quantitative estimate of drug-likeness (QED) is 0.0377. The first-order valence-electron chi connectivity index (χ1n) is 19.5. The number of rotatable bonds is 23. The highest BCUT2D eigenvalue weighted by Gasteiger charge is 2.34. The summed E-state index contributed by atoms with van der Waals surface area (Å²) in [6.07, 6.45) is 4.20. The minimum atomic E-state index is -1.68. The molecule has 4 rings (SSSR count). The van der Waals surface area contributed by atoms with Gasteiger partial charge in [0, 0.05) is 18.7 Å². The molecular weight excluding hydrogens is 773 g/mol. The summed E-state index contributed by atoms with van der Waals surface area (Å²) in [5.74, 6) is -7.26. The maximum absolute atomic E-state index is 15.0. The normalized spacial score (nSPS) is 13.7. The molecule has 2 unspecified atom stereocenters. The van der Waals surface area contributed by atoms with E-state index in [1.54, 1.807) is 13.8 Å². The van der Waals surface area contributed by atoms with Crippen LogP contribution in [0.4, 0.5) is 10.1 Å². The maximum Gasteiger partial charge on any atom is 0.363 e. The maximum atomic E-state index is 15.0. The Morgan fingerprint density at radius 1 is 0.949 bits per heavy atom. The minimum Gasteiger partial charge on any atom is -0.493 e. The van der Waals surface area contributed by atoms with Crippen LogP contribution >= 0.6 is 0 Å². The summed E-state index contributed by atoms with van der Waals surface area (Å²) in [4.78, 5) is 94.8. The second-order valence-electron chi connectivity index (χ2n) is 13.8. The van der Waals surface area contributed by atoms with E-state index in [4.69, 9.17) is 19.1 Å². The Morgan fingerprint density at radius 3 is 2.32 bits per heavy atom. The molecule has 1 aliphatic rings. The van der Waals surface area contributed by atoms with Gasteiger partial charge in [0.05, 0.1) is 48.5 Å². The lowest BCUT2D eigenvalue weighted by atomic mass is 9.90. The van der Waals surface area contributed by atoms with Crippen LogP contribution in [0, 0.1) is 11.7 Å². The highest BCUT2D eigenvalue weighted by molar-refractivity contribution is 6.00. The Kier molecular flexibility index (Phi) is 16.8. The third kappa shape index (κ3) is 12.3. The van der Waals surface area contributed by atoms with Gasteiger partial charge >= 0.3 is 17.9 Å². The van der Waals surface area contributed by atoms with Crippen molar-refractivity contribution in [2.75, 3.05) is 31.3 Å². The molecule has 1 saturated heterocycles. The van der Waals surface area contributed by atoms with Crippen LogP contribution < -0.4 is 25.6 Å². The average Bonchev–Trinajstić information content (AvgIpc) is 3.93. The number of nitrogens with zero attached hydrogens (tertiary/aromatic N) is 2. The van der Waals surface area contributed by atoms with Crippen LogP contribution in [0.2, 0.25) is 0 Å². The monoisotopic (exact) mass is 823 g/mol. The number of nitrogens with one attached hydrogen (secondary N) is 3. The number of ether oxygens (including phenoxy) is 1. The fraction of sp³-hybridized carbons (Fsp3) is 0.439. The number of aliphatic carboxylic acids is 2. The number of carbonyl (C=O) groups excluding carboxylic acids is 5. The SMILES string of the molecule is CCCCCC(C(=O)NCNC(=O)c1ccc(-c2ccc(C(=O)NC(CC(=O)O)C(=O)O)c(OCC)c2)o1)[C@@H](CC)N(C=O)OC(=O)c1ccc(N2CCCC2)c(F)c1. The van der Waals surface area contributed by atoms with Crippen molar-refractivity contribution >= 4 is 47.7 Å². The van der Waals surface area contributed by atoms with Crippen LogP contribution in [0.25, 0.3) is 11.3 Å². The van der Waals surface area contributed by atoms with E-state index in [9.17, 15) is 43.1 Å². The van der Waals surface area contributed by atoms with E-state index < -0.39 is 65.9 Å². The van der Waals surface area contributed by atoms with E-state index in [1.165, 1.54) is 42.5 Å². The van der Waals surface area contributed by atoms with Crippen molar-refractivity contribution in [2.24, 2.45) is 5.92 Å². The number of anilines is 1. The zero-order valence-corrected chi connectivity index (χ0v) is 33.2. The molecule has 2 aromatic carbocycles. The number of carboxylic acid groups (broad SMARTS) is 2. The van der Waals surface area contributed by atoms with Crippen molar-refractivity contribution in [3.63, 3.8) is 0 Å². The largest absolute Gasteiger partial charge is 0.493 e. The van der Waals surface area contributed by atoms with Crippen molar-refractivity contribution in [1.29, 1.82) is 0 Å². The predicted molar refractivity (Wildman–Crippen MR) is 210 cm³/mol. The first-order chi connectivity index (χ1) is 28.3. The molecule has 18 heteroatoms. The first-order valence-corrected chi connectivity index (χ1v) is 19.5. The Labute approximate surface area is 340 Å². The molecule has 318 valence electrons. The van der Waals surface area contributed by atoms with E-state index in [0.717, 1.165) is 36.8 Å². The molecule has 4 amide bonds. The summed E-state index contributed by atoms with van der Waals surface area (Å²) in [5, 5.41) is 26.5. The Morgan fingerprint density at radius 2 is 1.69 bits per heavy atom. The Balaban J connectivity index is 1.40. The lowest BCUT2D eigenvalue weighted by Crippen LogP contribution is -2.49. The molecule has 1 fully saturated rings. The lowest BCUT2D eigenvalue weighted by Gasteiger charge is -2.31. The van der Waals surface area contributed by atoms with E-state index in [-0.39, 0.29) is 48.1 Å². The van der Waals surface area contributed by atoms with Gasteiger partial charge in [-0.05, 0) is 75.1 Å². The van der Waals surface area contributed by atoms with Gasteiger partial charge in [0.2, 0.25) is 12.3 Å². The van der Waals surface area contributed by atoms with Crippen molar-refractivity contribution in [3.05, 3.63) is 71.2 Å². The molecule has 0 aliphatic carbocycles. The molecule has 1 aromatic heterocycles. The summed E-state index contributed by atoms with van der Waals surface area (Å²) in [6.45, 7) is 6.61. The molecule has 59 heavy (non-hydrogen) atoms.